The first-order valence-electron chi connectivity index (χ1n) is 4.40. The molecular formula is C10H16N2O. The Kier molecular flexibility index (Phi) is 3.71. The number of ether oxygens (including phenoxy) is 1. The normalized spacial score (nSPS) is 10.1. The highest BCUT2D eigenvalue weighted by Gasteiger charge is 2.00. The molecule has 0 saturated heterocycles. The molecule has 72 valence electrons. The van der Waals surface area contributed by atoms with Gasteiger partial charge in [0.1, 0.15) is 0 Å². The van der Waals surface area contributed by atoms with E-state index in [1.807, 2.05) is 19.2 Å². The van der Waals surface area contributed by atoms with Crippen molar-refractivity contribution in [2.75, 3.05) is 25.6 Å². The van der Waals surface area contributed by atoms with Gasteiger partial charge in [-0.1, -0.05) is 0 Å². The summed E-state index contributed by atoms with van der Waals surface area (Å²) in [4.78, 5) is 4.22. The molecule has 1 heterocycles. The van der Waals surface area contributed by atoms with Gasteiger partial charge >= 0.3 is 0 Å². The van der Waals surface area contributed by atoms with Gasteiger partial charge in [-0.15, -0.1) is 0 Å². The minimum absolute atomic E-state index is 0.716. The zero-order valence-electron chi connectivity index (χ0n) is 8.42. The van der Waals surface area contributed by atoms with E-state index in [-0.39, 0.29) is 0 Å². The number of pyridine rings is 1. The predicted octanol–water partition coefficient (Wildman–Crippen LogP) is 1.76. The SMILES string of the molecule is COCCNc1c(C)ccnc1C. The summed E-state index contributed by atoms with van der Waals surface area (Å²) in [5, 5.41) is 3.29. The molecule has 0 spiro atoms. The zero-order chi connectivity index (χ0) is 9.68. The van der Waals surface area contributed by atoms with Crippen molar-refractivity contribution in [3.8, 4) is 0 Å². The summed E-state index contributed by atoms with van der Waals surface area (Å²) >= 11 is 0. The first kappa shape index (κ1) is 9.99. The number of rotatable bonds is 4. The number of anilines is 1. The molecule has 3 heteroatoms. The maximum atomic E-state index is 4.96. The van der Waals surface area contributed by atoms with E-state index in [0.717, 1.165) is 17.9 Å². The van der Waals surface area contributed by atoms with E-state index in [9.17, 15) is 0 Å². The molecule has 0 aliphatic heterocycles. The fourth-order valence-corrected chi connectivity index (χ4v) is 1.24. The monoisotopic (exact) mass is 180 g/mol. The van der Waals surface area contributed by atoms with Crippen LogP contribution in [0.4, 0.5) is 5.69 Å². The molecule has 0 atom stereocenters. The number of nitrogens with one attached hydrogen (secondary N) is 1. The van der Waals surface area contributed by atoms with Gasteiger partial charge in [0, 0.05) is 19.9 Å². The third-order valence-electron chi connectivity index (χ3n) is 1.96. The molecule has 1 rings (SSSR count). The summed E-state index contributed by atoms with van der Waals surface area (Å²) < 4.78 is 4.96. The highest BCUT2D eigenvalue weighted by molar-refractivity contribution is 5.53. The molecule has 0 saturated carbocycles. The Bertz CT molecular complexity index is 253. The highest BCUT2D eigenvalue weighted by Crippen LogP contribution is 2.16. The van der Waals surface area contributed by atoms with Gasteiger partial charge in [0.2, 0.25) is 0 Å². The van der Waals surface area contributed by atoms with E-state index < -0.39 is 0 Å². The van der Waals surface area contributed by atoms with Crippen molar-refractivity contribution in [1.29, 1.82) is 0 Å². The minimum Gasteiger partial charge on any atom is -0.383 e. The van der Waals surface area contributed by atoms with E-state index in [1.165, 1.54) is 5.56 Å². The third-order valence-corrected chi connectivity index (χ3v) is 1.96. The Morgan fingerprint density at radius 1 is 1.46 bits per heavy atom. The molecule has 0 radical (unpaired) electrons. The third kappa shape index (κ3) is 2.70. The average Bonchev–Trinajstić information content (AvgIpc) is 2.10. The quantitative estimate of drug-likeness (QED) is 0.717. The lowest BCUT2D eigenvalue weighted by atomic mass is 10.2. The first-order valence-corrected chi connectivity index (χ1v) is 4.40. The molecule has 0 aliphatic carbocycles. The molecule has 1 N–H and O–H groups in total. The molecule has 0 bridgehead atoms. The fourth-order valence-electron chi connectivity index (χ4n) is 1.24. The molecule has 3 nitrogen and oxygen atoms in total. The van der Waals surface area contributed by atoms with Crippen molar-refractivity contribution in [2.24, 2.45) is 0 Å². The van der Waals surface area contributed by atoms with Crippen molar-refractivity contribution in [3.63, 3.8) is 0 Å². The number of methoxy groups -OCH3 is 1. The van der Waals surface area contributed by atoms with Gasteiger partial charge < -0.3 is 10.1 Å². The van der Waals surface area contributed by atoms with Crippen LogP contribution in [0.1, 0.15) is 11.3 Å². The maximum absolute atomic E-state index is 4.96. The minimum atomic E-state index is 0.716. The van der Waals surface area contributed by atoms with Gasteiger partial charge in [0.25, 0.3) is 0 Å². The lowest BCUT2D eigenvalue weighted by Crippen LogP contribution is -2.10. The molecule has 0 aliphatic rings. The predicted molar refractivity (Wildman–Crippen MR) is 54.1 cm³/mol. The average molecular weight is 180 g/mol. The molecule has 0 fully saturated rings. The van der Waals surface area contributed by atoms with Crippen molar-refractivity contribution < 1.29 is 4.74 Å². The zero-order valence-corrected chi connectivity index (χ0v) is 8.42. The molecule has 0 unspecified atom stereocenters. The van der Waals surface area contributed by atoms with Crippen LogP contribution in [-0.4, -0.2) is 25.2 Å². The van der Waals surface area contributed by atoms with Crippen molar-refractivity contribution >= 4 is 5.69 Å². The van der Waals surface area contributed by atoms with Crippen LogP contribution >= 0.6 is 0 Å². The van der Waals surface area contributed by atoms with Crippen molar-refractivity contribution in [2.45, 2.75) is 13.8 Å². The first-order chi connectivity index (χ1) is 6.25. The van der Waals surface area contributed by atoms with E-state index in [4.69, 9.17) is 4.74 Å². The fraction of sp³-hybridized carbons (Fsp3) is 0.500. The smallest absolute Gasteiger partial charge is 0.0635 e. The number of aromatic nitrogens is 1. The largest absolute Gasteiger partial charge is 0.383 e. The van der Waals surface area contributed by atoms with Gasteiger partial charge in [-0.05, 0) is 25.5 Å². The van der Waals surface area contributed by atoms with E-state index in [0.29, 0.717) is 6.61 Å². The number of aryl methyl sites for hydroxylation is 2. The van der Waals surface area contributed by atoms with Crippen LogP contribution in [0.3, 0.4) is 0 Å². The highest BCUT2D eigenvalue weighted by atomic mass is 16.5. The Hall–Kier alpha value is -1.09. The Morgan fingerprint density at radius 3 is 2.85 bits per heavy atom. The molecule has 13 heavy (non-hydrogen) atoms. The van der Waals surface area contributed by atoms with Gasteiger partial charge in [-0.2, -0.15) is 0 Å². The Balaban J connectivity index is 2.64. The Labute approximate surface area is 79.1 Å². The van der Waals surface area contributed by atoms with Crippen LogP contribution < -0.4 is 5.32 Å². The maximum Gasteiger partial charge on any atom is 0.0635 e. The molecule has 1 aromatic rings. The summed E-state index contributed by atoms with van der Waals surface area (Å²) in [6.07, 6.45) is 1.83. The lowest BCUT2D eigenvalue weighted by molar-refractivity contribution is 0.210. The number of nitrogens with zero attached hydrogens (tertiary/aromatic N) is 1. The summed E-state index contributed by atoms with van der Waals surface area (Å²) in [6, 6.07) is 2.00. The summed E-state index contributed by atoms with van der Waals surface area (Å²) in [7, 11) is 1.70. The van der Waals surface area contributed by atoms with Crippen LogP contribution in [0.5, 0.6) is 0 Å². The van der Waals surface area contributed by atoms with Crippen LogP contribution in [0, 0.1) is 13.8 Å². The number of hydrogen-bond donors (Lipinski definition) is 1. The van der Waals surface area contributed by atoms with Crippen LogP contribution in [0.15, 0.2) is 12.3 Å². The van der Waals surface area contributed by atoms with Gasteiger partial charge in [-0.3, -0.25) is 4.98 Å². The standard InChI is InChI=1S/C10H16N2O/c1-8-4-5-11-9(2)10(8)12-6-7-13-3/h4-5,12H,6-7H2,1-3H3. The summed E-state index contributed by atoms with van der Waals surface area (Å²) in [5.74, 6) is 0. The topological polar surface area (TPSA) is 34.1 Å². The van der Waals surface area contributed by atoms with Crippen LogP contribution in [-0.2, 0) is 4.74 Å². The van der Waals surface area contributed by atoms with Crippen LogP contribution in [0.2, 0.25) is 0 Å². The van der Waals surface area contributed by atoms with E-state index in [2.05, 4.69) is 17.2 Å². The van der Waals surface area contributed by atoms with Gasteiger partial charge in [-0.25, -0.2) is 0 Å². The summed E-state index contributed by atoms with van der Waals surface area (Å²) in [5.41, 5.74) is 3.39. The molecular weight excluding hydrogens is 164 g/mol. The van der Waals surface area contributed by atoms with Crippen molar-refractivity contribution in [1.82, 2.24) is 4.98 Å². The molecule has 0 aromatic carbocycles. The van der Waals surface area contributed by atoms with E-state index >= 15 is 0 Å². The van der Waals surface area contributed by atoms with E-state index in [1.54, 1.807) is 7.11 Å². The summed E-state index contributed by atoms with van der Waals surface area (Å²) in [6.45, 7) is 5.61. The van der Waals surface area contributed by atoms with Gasteiger partial charge in [0.15, 0.2) is 0 Å². The van der Waals surface area contributed by atoms with Gasteiger partial charge in [0.05, 0.1) is 18.0 Å². The van der Waals surface area contributed by atoms with Crippen LogP contribution in [0.25, 0.3) is 0 Å². The lowest BCUT2D eigenvalue weighted by Gasteiger charge is -2.10. The Morgan fingerprint density at radius 2 is 2.23 bits per heavy atom. The second kappa shape index (κ2) is 4.82. The second-order valence-electron chi connectivity index (χ2n) is 3.01. The molecule has 1 aromatic heterocycles. The second-order valence-corrected chi connectivity index (χ2v) is 3.01. The molecule has 0 amide bonds. The van der Waals surface area contributed by atoms with Crippen molar-refractivity contribution in [3.05, 3.63) is 23.5 Å². The number of hydrogen-bond acceptors (Lipinski definition) is 3.